The predicted molar refractivity (Wildman–Crippen MR) is 98.2 cm³/mol. The molecule has 3 rings (SSSR count). The average Bonchev–Trinajstić information content (AvgIpc) is 3.01. The molecule has 1 fully saturated rings. The summed E-state index contributed by atoms with van der Waals surface area (Å²) in [7, 11) is 0. The van der Waals surface area contributed by atoms with Crippen LogP contribution < -0.4 is 0 Å². The van der Waals surface area contributed by atoms with Crippen molar-refractivity contribution >= 4 is 11.5 Å². The van der Waals surface area contributed by atoms with Crippen molar-refractivity contribution in [2.45, 2.75) is 25.0 Å². The molecule has 0 unspecified atom stereocenters. The highest BCUT2D eigenvalue weighted by Gasteiger charge is 2.35. The second-order valence-electron chi connectivity index (χ2n) is 6.38. The zero-order chi connectivity index (χ0) is 17.6. The lowest BCUT2D eigenvalue weighted by atomic mass is 9.97. The normalized spacial score (nSPS) is 20.4. The first kappa shape index (κ1) is 17.4. The summed E-state index contributed by atoms with van der Waals surface area (Å²) in [5.74, 6) is -0.855. The highest BCUT2D eigenvalue weighted by molar-refractivity contribution is 5.79. The molecule has 1 aliphatic rings. The molecule has 2 atom stereocenters. The van der Waals surface area contributed by atoms with Crippen LogP contribution in [0.4, 0.5) is 0 Å². The number of carbonyl (C=O) groups is 1. The lowest BCUT2D eigenvalue weighted by Gasteiger charge is -2.20. The van der Waals surface area contributed by atoms with Crippen LogP contribution in [0.3, 0.4) is 0 Å². The van der Waals surface area contributed by atoms with Gasteiger partial charge in [-0.1, -0.05) is 66.7 Å². The number of aliphatic hydroxyl groups excluding tert-OH is 1. The van der Waals surface area contributed by atoms with E-state index >= 15 is 0 Å². The standard InChI is InChI=1S/C21H23NO3/c23-18-14-20(21(24)25)22(15-18)13-7-12-19(16-8-3-1-4-9-16)17-10-5-2-6-11-17/h1-6,8-12,18,20,23H,7,13-15H2,(H,24,25)/t18-,20+/m1/s1. The predicted octanol–water partition coefficient (Wildman–Crippen LogP) is 3.03. The van der Waals surface area contributed by atoms with E-state index in [2.05, 4.69) is 30.3 Å². The first-order chi connectivity index (χ1) is 12.1. The van der Waals surface area contributed by atoms with Crippen LogP contribution in [0.25, 0.3) is 5.57 Å². The van der Waals surface area contributed by atoms with Crippen molar-refractivity contribution in [1.29, 1.82) is 0 Å². The molecule has 4 heteroatoms. The monoisotopic (exact) mass is 337 g/mol. The van der Waals surface area contributed by atoms with Crippen LogP contribution in [0, 0.1) is 0 Å². The maximum atomic E-state index is 11.3. The zero-order valence-corrected chi connectivity index (χ0v) is 14.1. The maximum Gasteiger partial charge on any atom is 0.321 e. The number of likely N-dealkylation sites (tertiary alicyclic amines) is 1. The lowest BCUT2D eigenvalue weighted by Crippen LogP contribution is -2.36. The Labute approximate surface area is 148 Å². The van der Waals surface area contributed by atoms with Crippen LogP contribution in [0.1, 0.15) is 24.0 Å². The van der Waals surface area contributed by atoms with Crippen molar-refractivity contribution in [2.75, 3.05) is 13.1 Å². The lowest BCUT2D eigenvalue weighted by molar-refractivity contribution is -0.142. The molecule has 0 spiro atoms. The van der Waals surface area contributed by atoms with E-state index in [-0.39, 0.29) is 0 Å². The first-order valence-corrected chi connectivity index (χ1v) is 8.61. The molecule has 2 N–H and O–H groups in total. The number of β-amino-alcohol motifs (C(OH)–C–C–N with tert-alkyl or cyclic N) is 1. The molecule has 2 aromatic rings. The van der Waals surface area contributed by atoms with Crippen LogP contribution in [0.15, 0.2) is 66.7 Å². The summed E-state index contributed by atoms with van der Waals surface area (Å²) in [5, 5.41) is 19.1. The van der Waals surface area contributed by atoms with E-state index < -0.39 is 18.1 Å². The Morgan fingerprint density at radius 1 is 1.04 bits per heavy atom. The Balaban J connectivity index is 1.77. The molecule has 25 heavy (non-hydrogen) atoms. The summed E-state index contributed by atoms with van der Waals surface area (Å²) < 4.78 is 0. The highest BCUT2D eigenvalue weighted by atomic mass is 16.4. The van der Waals surface area contributed by atoms with Crippen LogP contribution in [0.5, 0.6) is 0 Å². The summed E-state index contributed by atoms with van der Waals surface area (Å²) in [6.45, 7) is 1.05. The summed E-state index contributed by atoms with van der Waals surface area (Å²) in [5.41, 5.74) is 3.43. The summed E-state index contributed by atoms with van der Waals surface area (Å²) in [6, 6.07) is 19.8. The van der Waals surface area contributed by atoms with Crippen LogP contribution >= 0.6 is 0 Å². The van der Waals surface area contributed by atoms with E-state index in [1.807, 2.05) is 41.3 Å². The van der Waals surface area contributed by atoms with E-state index in [9.17, 15) is 15.0 Å². The number of aliphatic carboxylic acids is 1. The van der Waals surface area contributed by atoms with Crippen molar-refractivity contribution < 1.29 is 15.0 Å². The third-order valence-electron chi connectivity index (χ3n) is 4.60. The van der Waals surface area contributed by atoms with Gasteiger partial charge >= 0.3 is 5.97 Å². The van der Waals surface area contributed by atoms with Gasteiger partial charge < -0.3 is 10.2 Å². The number of benzene rings is 2. The molecule has 0 aromatic heterocycles. The molecule has 0 saturated carbocycles. The maximum absolute atomic E-state index is 11.3. The Bertz CT molecular complexity index is 686. The molecule has 0 radical (unpaired) electrons. The van der Waals surface area contributed by atoms with Gasteiger partial charge in [0.2, 0.25) is 0 Å². The van der Waals surface area contributed by atoms with E-state index in [1.165, 1.54) is 0 Å². The van der Waals surface area contributed by atoms with Gasteiger partial charge in [-0.2, -0.15) is 0 Å². The Hall–Kier alpha value is -2.43. The SMILES string of the molecule is O=C(O)[C@@H]1C[C@@H](O)CN1CCC=C(c1ccccc1)c1ccccc1. The minimum absolute atomic E-state index is 0.309. The average molecular weight is 337 g/mol. The van der Waals surface area contributed by atoms with Crippen molar-refractivity contribution in [3.8, 4) is 0 Å². The Morgan fingerprint density at radius 2 is 1.60 bits per heavy atom. The van der Waals surface area contributed by atoms with E-state index in [1.54, 1.807) is 0 Å². The van der Waals surface area contributed by atoms with Crippen LogP contribution in [0.2, 0.25) is 0 Å². The fraction of sp³-hybridized carbons (Fsp3) is 0.286. The zero-order valence-electron chi connectivity index (χ0n) is 14.1. The van der Waals surface area contributed by atoms with Gasteiger partial charge in [-0.25, -0.2) is 0 Å². The van der Waals surface area contributed by atoms with Crippen LogP contribution in [-0.2, 0) is 4.79 Å². The minimum atomic E-state index is -0.855. The van der Waals surface area contributed by atoms with Gasteiger partial charge in [0, 0.05) is 19.5 Å². The third-order valence-corrected chi connectivity index (χ3v) is 4.60. The number of rotatable bonds is 6. The molecule has 130 valence electrons. The van der Waals surface area contributed by atoms with Gasteiger partial charge in [0.15, 0.2) is 0 Å². The molecular weight excluding hydrogens is 314 g/mol. The number of nitrogens with zero attached hydrogens (tertiary/aromatic N) is 1. The fourth-order valence-corrected chi connectivity index (χ4v) is 3.40. The number of aliphatic hydroxyl groups is 1. The van der Waals surface area contributed by atoms with Gasteiger partial charge in [0.05, 0.1) is 6.10 Å². The molecule has 1 heterocycles. The fourth-order valence-electron chi connectivity index (χ4n) is 3.40. The van der Waals surface area contributed by atoms with Crippen molar-refractivity contribution in [3.63, 3.8) is 0 Å². The molecular formula is C21H23NO3. The van der Waals surface area contributed by atoms with Crippen molar-refractivity contribution in [3.05, 3.63) is 77.9 Å². The number of hydrogen-bond acceptors (Lipinski definition) is 3. The number of carboxylic acids is 1. The third kappa shape index (κ3) is 4.35. The number of hydrogen-bond donors (Lipinski definition) is 2. The van der Waals surface area contributed by atoms with E-state index in [0.717, 1.165) is 23.1 Å². The van der Waals surface area contributed by atoms with Gasteiger partial charge in [0.25, 0.3) is 0 Å². The van der Waals surface area contributed by atoms with Gasteiger partial charge in [-0.05, 0) is 23.1 Å². The second kappa shape index (κ2) is 8.10. The Morgan fingerprint density at radius 3 is 2.12 bits per heavy atom. The summed E-state index contributed by atoms with van der Waals surface area (Å²) in [6.07, 6.45) is 2.65. The molecule has 1 saturated heterocycles. The topological polar surface area (TPSA) is 60.8 Å². The summed E-state index contributed by atoms with van der Waals surface area (Å²) >= 11 is 0. The minimum Gasteiger partial charge on any atom is -0.480 e. The molecule has 0 amide bonds. The molecule has 0 bridgehead atoms. The molecule has 4 nitrogen and oxygen atoms in total. The van der Waals surface area contributed by atoms with E-state index in [4.69, 9.17) is 0 Å². The highest BCUT2D eigenvalue weighted by Crippen LogP contribution is 2.24. The van der Waals surface area contributed by atoms with Crippen molar-refractivity contribution in [2.24, 2.45) is 0 Å². The molecule has 0 aliphatic carbocycles. The quantitative estimate of drug-likeness (QED) is 0.851. The first-order valence-electron chi connectivity index (χ1n) is 8.61. The second-order valence-corrected chi connectivity index (χ2v) is 6.38. The van der Waals surface area contributed by atoms with Crippen LogP contribution in [-0.4, -0.2) is 46.3 Å². The van der Waals surface area contributed by atoms with Gasteiger partial charge in [-0.15, -0.1) is 0 Å². The summed E-state index contributed by atoms with van der Waals surface area (Å²) in [4.78, 5) is 13.2. The largest absolute Gasteiger partial charge is 0.480 e. The number of carboxylic acid groups (broad SMARTS) is 1. The van der Waals surface area contributed by atoms with Gasteiger partial charge in [-0.3, -0.25) is 9.69 Å². The van der Waals surface area contributed by atoms with Crippen molar-refractivity contribution in [1.82, 2.24) is 4.90 Å². The van der Waals surface area contributed by atoms with Gasteiger partial charge in [0.1, 0.15) is 6.04 Å². The molecule has 2 aromatic carbocycles. The molecule has 1 aliphatic heterocycles. The van der Waals surface area contributed by atoms with E-state index in [0.29, 0.717) is 19.5 Å². The Kier molecular flexibility index (Phi) is 5.64. The smallest absolute Gasteiger partial charge is 0.321 e.